The highest BCUT2D eigenvalue weighted by Crippen LogP contribution is 2.41. The third kappa shape index (κ3) is 5.79. The van der Waals surface area contributed by atoms with Crippen molar-refractivity contribution in [1.29, 1.82) is 0 Å². The molecule has 0 saturated heterocycles. The van der Waals surface area contributed by atoms with Crippen molar-refractivity contribution in [1.82, 2.24) is 9.80 Å². The summed E-state index contributed by atoms with van der Waals surface area (Å²) in [6.45, 7) is 1.41. The van der Waals surface area contributed by atoms with Gasteiger partial charge in [0, 0.05) is 43.2 Å². The highest BCUT2D eigenvalue weighted by molar-refractivity contribution is 5.84. The number of fused-ring (bicyclic) bond motifs is 4. The third-order valence-corrected chi connectivity index (χ3v) is 9.59. The second-order valence-corrected chi connectivity index (χ2v) is 12.1. The Hall–Kier alpha value is -3.22. The molecule has 2 aliphatic heterocycles. The molecule has 2 aromatic carbocycles. The largest absolute Gasteiger partial charge is 0.493 e. The van der Waals surface area contributed by atoms with Gasteiger partial charge in [0.25, 0.3) is 0 Å². The van der Waals surface area contributed by atoms with Crippen LogP contribution in [0.2, 0.25) is 0 Å². The topological polar surface area (TPSA) is 80.4 Å². The van der Waals surface area contributed by atoms with E-state index in [1.54, 1.807) is 7.11 Å². The van der Waals surface area contributed by atoms with Crippen LogP contribution in [0.1, 0.15) is 88.2 Å². The first-order valence-corrected chi connectivity index (χ1v) is 15.5. The van der Waals surface area contributed by atoms with Crippen molar-refractivity contribution >= 4 is 17.6 Å². The van der Waals surface area contributed by atoms with Crippen LogP contribution >= 0.6 is 0 Å². The monoisotopic (exact) mass is 544 g/mol. The van der Waals surface area contributed by atoms with Crippen molar-refractivity contribution in [3.8, 4) is 17.2 Å². The fourth-order valence-corrected chi connectivity index (χ4v) is 7.43. The smallest absolute Gasteiger partial charge is 0.222 e. The van der Waals surface area contributed by atoms with E-state index < -0.39 is 0 Å². The molecule has 7 nitrogen and oxygen atoms in total. The lowest BCUT2D eigenvalue weighted by Gasteiger charge is -2.42. The summed E-state index contributed by atoms with van der Waals surface area (Å²) < 4.78 is 12.1. The highest BCUT2D eigenvalue weighted by atomic mass is 16.5. The van der Waals surface area contributed by atoms with Crippen LogP contribution in [0.3, 0.4) is 0 Å². The molecule has 2 aromatic rings. The molecule has 1 amide bonds. The number of amides is 1. The molecule has 5 bridgehead atoms. The van der Waals surface area contributed by atoms with Crippen LogP contribution in [-0.2, 0) is 17.8 Å². The maximum absolute atomic E-state index is 14.0. The predicted molar refractivity (Wildman–Crippen MR) is 158 cm³/mol. The standard InChI is InChI=1S/C33H44N4O3/c1-39-30-21-28-25-20-31(30)40-27-14-8-9-23(19-27)17-18-36(26-12-6-3-7-13-26)32(38)16-15-29(24-10-4-2-5-11-24)37(22-25)33(34)35-28/h8-9,14,19-21,24,26,29H,2-7,10-13,15-18,22H2,1H3,(H2,34,35)/t29-/m0/s1. The van der Waals surface area contributed by atoms with Gasteiger partial charge >= 0.3 is 0 Å². The van der Waals surface area contributed by atoms with Gasteiger partial charge in [0.2, 0.25) is 5.91 Å². The highest BCUT2D eigenvalue weighted by Gasteiger charge is 2.34. The minimum absolute atomic E-state index is 0.196. The second kappa shape index (κ2) is 12.1. The van der Waals surface area contributed by atoms with Crippen LogP contribution in [0.25, 0.3) is 0 Å². The summed E-state index contributed by atoms with van der Waals surface area (Å²) in [6, 6.07) is 12.8. The molecule has 214 valence electrons. The van der Waals surface area contributed by atoms with E-state index in [2.05, 4.69) is 28.0 Å². The Kier molecular flexibility index (Phi) is 8.17. The first-order chi connectivity index (χ1) is 19.6. The molecule has 6 rings (SSSR count). The Bertz CT molecular complexity index is 1230. The van der Waals surface area contributed by atoms with Crippen LogP contribution in [-0.4, -0.2) is 47.4 Å². The first-order valence-electron chi connectivity index (χ1n) is 15.5. The van der Waals surface area contributed by atoms with Crippen LogP contribution in [0, 0.1) is 5.92 Å². The number of rotatable bonds is 3. The van der Waals surface area contributed by atoms with Gasteiger partial charge in [-0.1, -0.05) is 50.7 Å². The van der Waals surface area contributed by atoms with Gasteiger partial charge in [0.15, 0.2) is 17.5 Å². The number of nitrogens with zero attached hydrogens (tertiary/aromatic N) is 3. The predicted octanol–water partition coefficient (Wildman–Crippen LogP) is 6.70. The van der Waals surface area contributed by atoms with E-state index in [9.17, 15) is 4.79 Å². The minimum Gasteiger partial charge on any atom is -0.493 e. The molecule has 2 aliphatic carbocycles. The first kappa shape index (κ1) is 27.0. The van der Waals surface area contributed by atoms with Gasteiger partial charge in [-0.3, -0.25) is 4.79 Å². The van der Waals surface area contributed by atoms with Crippen molar-refractivity contribution in [2.45, 2.75) is 102 Å². The molecule has 2 fully saturated rings. The van der Waals surface area contributed by atoms with Crippen LogP contribution in [0.4, 0.5) is 5.69 Å². The Balaban J connectivity index is 1.38. The molecular formula is C33H44N4O3. The van der Waals surface area contributed by atoms with Crippen LogP contribution in [0.5, 0.6) is 17.2 Å². The minimum atomic E-state index is 0.196. The molecule has 1 atom stereocenters. The van der Waals surface area contributed by atoms with Crippen LogP contribution < -0.4 is 15.2 Å². The summed E-state index contributed by atoms with van der Waals surface area (Å²) in [4.78, 5) is 23.3. The number of hydrogen-bond donors (Lipinski definition) is 1. The number of aliphatic imine (C=N–C) groups is 1. The van der Waals surface area contributed by atoms with E-state index in [0.29, 0.717) is 48.3 Å². The lowest BCUT2D eigenvalue weighted by Crippen LogP contribution is -2.50. The molecule has 4 aliphatic rings. The molecule has 0 radical (unpaired) electrons. The Labute approximate surface area is 238 Å². The van der Waals surface area contributed by atoms with Gasteiger partial charge < -0.3 is 25.0 Å². The quantitative estimate of drug-likeness (QED) is 0.465. The average molecular weight is 545 g/mol. The Morgan fingerprint density at radius 3 is 2.48 bits per heavy atom. The number of carbonyl (C=O) groups is 1. The molecular weight excluding hydrogens is 500 g/mol. The average Bonchev–Trinajstić information content (AvgIpc) is 2.98. The van der Waals surface area contributed by atoms with Crippen molar-refractivity contribution < 1.29 is 14.3 Å². The molecule has 0 aromatic heterocycles. The molecule has 0 spiro atoms. The number of methoxy groups -OCH3 is 1. The number of hydrogen-bond acceptors (Lipinski definition) is 6. The normalized spacial score (nSPS) is 23.1. The second-order valence-electron chi connectivity index (χ2n) is 12.1. The SMILES string of the molecule is COc1cc2c3cc1Oc1cccc(c1)CCN(C1CCCCC1)C(=O)CC[C@@H](C1CCCCC1)N(C3)C(N)=N2. The zero-order valence-corrected chi connectivity index (χ0v) is 23.9. The molecule has 2 N–H and O–H groups in total. The Morgan fingerprint density at radius 2 is 1.70 bits per heavy atom. The van der Waals surface area contributed by atoms with Crippen molar-refractivity contribution in [2.75, 3.05) is 13.7 Å². The number of ether oxygens (including phenoxy) is 2. The van der Waals surface area contributed by atoms with E-state index in [-0.39, 0.29) is 6.04 Å². The summed E-state index contributed by atoms with van der Waals surface area (Å²) in [5.74, 6) is 3.47. The van der Waals surface area contributed by atoms with E-state index in [0.717, 1.165) is 49.2 Å². The molecule has 2 saturated carbocycles. The number of benzene rings is 2. The van der Waals surface area contributed by atoms with E-state index in [4.69, 9.17) is 20.2 Å². The van der Waals surface area contributed by atoms with E-state index >= 15 is 0 Å². The maximum atomic E-state index is 14.0. The van der Waals surface area contributed by atoms with Gasteiger partial charge in [0.05, 0.1) is 12.8 Å². The van der Waals surface area contributed by atoms with Gasteiger partial charge in [0.1, 0.15) is 5.75 Å². The molecule has 7 heteroatoms. The summed E-state index contributed by atoms with van der Waals surface area (Å²) in [7, 11) is 1.66. The van der Waals surface area contributed by atoms with E-state index in [1.165, 1.54) is 56.9 Å². The van der Waals surface area contributed by atoms with Gasteiger partial charge in [-0.25, -0.2) is 4.99 Å². The number of carbonyl (C=O) groups excluding carboxylic acids is 1. The van der Waals surface area contributed by atoms with Crippen molar-refractivity contribution in [3.05, 3.63) is 47.5 Å². The van der Waals surface area contributed by atoms with Gasteiger partial charge in [-0.2, -0.15) is 0 Å². The fraction of sp³-hybridized carbons (Fsp3) is 0.576. The molecule has 40 heavy (non-hydrogen) atoms. The maximum Gasteiger partial charge on any atom is 0.222 e. The lowest BCUT2D eigenvalue weighted by atomic mass is 9.81. The number of nitrogens with two attached hydrogens (primary N) is 1. The summed E-state index contributed by atoms with van der Waals surface area (Å²) in [5, 5.41) is 0. The van der Waals surface area contributed by atoms with Crippen LogP contribution in [0.15, 0.2) is 41.4 Å². The third-order valence-electron chi connectivity index (χ3n) is 9.59. The summed E-state index contributed by atoms with van der Waals surface area (Å²) in [5.41, 5.74) is 9.76. The molecule has 0 unspecified atom stereocenters. The Morgan fingerprint density at radius 1 is 0.925 bits per heavy atom. The zero-order chi connectivity index (χ0) is 27.5. The number of guanidine groups is 1. The summed E-state index contributed by atoms with van der Waals surface area (Å²) >= 11 is 0. The molecule has 2 heterocycles. The van der Waals surface area contributed by atoms with Crippen molar-refractivity contribution in [3.63, 3.8) is 0 Å². The lowest BCUT2D eigenvalue weighted by molar-refractivity contribution is -0.134. The van der Waals surface area contributed by atoms with Gasteiger partial charge in [-0.05, 0) is 68.2 Å². The fourth-order valence-electron chi connectivity index (χ4n) is 7.43. The van der Waals surface area contributed by atoms with Crippen molar-refractivity contribution in [2.24, 2.45) is 16.6 Å². The summed E-state index contributed by atoms with van der Waals surface area (Å²) in [6.07, 6.45) is 14.3. The van der Waals surface area contributed by atoms with E-state index in [1.807, 2.05) is 18.2 Å². The van der Waals surface area contributed by atoms with Gasteiger partial charge in [-0.15, -0.1) is 0 Å². The zero-order valence-electron chi connectivity index (χ0n) is 23.9.